The van der Waals surface area contributed by atoms with Crippen LogP contribution in [0.3, 0.4) is 0 Å². The Bertz CT molecular complexity index is 986. The van der Waals surface area contributed by atoms with E-state index in [1.807, 2.05) is 0 Å². The van der Waals surface area contributed by atoms with Gasteiger partial charge in [-0.1, -0.05) is 0 Å². The lowest BCUT2D eigenvalue weighted by Crippen LogP contribution is -2.43. The number of pyridine rings is 1. The maximum absolute atomic E-state index is 12.8. The molecular weight excluding hydrogens is 312 g/mol. The molecule has 0 saturated carbocycles. The minimum absolute atomic E-state index is 0.0521. The van der Waals surface area contributed by atoms with E-state index in [0.717, 1.165) is 0 Å². The zero-order chi connectivity index (χ0) is 16.7. The third-order valence-corrected chi connectivity index (χ3v) is 4.19. The van der Waals surface area contributed by atoms with Crippen molar-refractivity contribution in [3.8, 4) is 0 Å². The third kappa shape index (κ3) is 2.24. The van der Waals surface area contributed by atoms with Crippen molar-refractivity contribution in [3.63, 3.8) is 0 Å². The highest BCUT2D eigenvalue weighted by atomic mass is 16.5. The molecule has 3 aromatic rings. The Hall–Kier alpha value is -2.81. The molecule has 1 aliphatic rings. The maximum Gasteiger partial charge on any atom is 0.297 e. The van der Waals surface area contributed by atoms with E-state index in [0.29, 0.717) is 43.3 Å². The van der Waals surface area contributed by atoms with Crippen molar-refractivity contribution in [2.24, 2.45) is 0 Å². The van der Waals surface area contributed by atoms with Crippen molar-refractivity contribution in [2.45, 2.75) is 13.5 Å². The van der Waals surface area contributed by atoms with Gasteiger partial charge in [-0.2, -0.15) is 0 Å². The number of hydrogen-bond donors (Lipinski definition) is 0. The first kappa shape index (κ1) is 14.8. The van der Waals surface area contributed by atoms with Gasteiger partial charge in [-0.15, -0.1) is 10.2 Å². The quantitative estimate of drug-likeness (QED) is 0.636. The first-order valence-electron chi connectivity index (χ1n) is 7.71. The van der Waals surface area contributed by atoms with Crippen molar-refractivity contribution in [3.05, 3.63) is 34.5 Å². The normalized spacial score (nSPS) is 15.3. The van der Waals surface area contributed by atoms with E-state index < -0.39 is 0 Å². The number of nitrogens with zero attached hydrogens (tertiary/aromatic N) is 6. The van der Waals surface area contributed by atoms with Crippen LogP contribution in [0.1, 0.15) is 5.82 Å². The van der Waals surface area contributed by atoms with Gasteiger partial charge in [-0.3, -0.25) is 18.6 Å². The second-order valence-electron chi connectivity index (χ2n) is 5.64. The Labute approximate surface area is 136 Å². The molecule has 0 spiro atoms. The molecule has 9 heteroatoms. The molecule has 4 rings (SSSR count). The maximum atomic E-state index is 12.8. The number of amides is 1. The van der Waals surface area contributed by atoms with Crippen molar-refractivity contribution in [1.29, 1.82) is 0 Å². The average molecular weight is 328 g/mol. The number of carbonyl (C=O) groups excluding carboxylic acids is 1. The summed E-state index contributed by atoms with van der Waals surface area (Å²) in [4.78, 5) is 31.4. The second kappa shape index (κ2) is 5.68. The van der Waals surface area contributed by atoms with Crippen LogP contribution in [0.5, 0.6) is 0 Å². The Morgan fingerprint density at radius 2 is 2.04 bits per heavy atom. The fourth-order valence-electron chi connectivity index (χ4n) is 2.96. The third-order valence-electron chi connectivity index (χ3n) is 4.19. The number of rotatable bonds is 2. The van der Waals surface area contributed by atoms with Crippen LogP contribution in [0.2, 0.25) is 0 Å². The summed E-state index contributed by atoms with van der Waals surface area (Å²) < 4.78 is 8.30. The highest BCUT2D eigenvalue weighted by Gasteiger charge is 2.21. The van der Waals surface area contributed by atoms with Gasteiger partial charge in [0.25, 0.3) is 5.56 Å². The van der Waals surface area contributed by atoms with Crippen LogP contribution in [0, 0.1) is 6.92 Å². The summed E-state index contributed by atoms with van der Waals surface area (Å²) in [5, 5.41) is 7.91. The molecule has 1 amide bonds. The van der Waals surface area contributed by atoms with E-state index in [4.69, 9.17) is 4.74 Å². The molecule has 1 aliphatic heterocycles. The molecule has 124 valence electrons. The zero-order valence-electron chi connectivity index (χ0n) is 13.2. The summed E-state index contributed by atoms with van der Waals surface area (Å²) in [6.07, 6.45) is 1.64. The van der Waals surface area contributed by atoms with Crippen LogP contribution in [-0.4, -0.2) is 61.3 Å². The van der Waals surface area contributed by atoms with Crippen LogP contribution in [-0.2, 0) is 16.1 Å². The van der Waals surface area contributed by atoms with Crippen LogP contribution in [0.4, 0.5) is 0 Å². The number of hydrogen-bond acceptors (Lipinski definition) is 6. The molecule has 1 saturated heterocycles. The first-order chi connectivity index (χ1) is 11.7. The molecule has 0 atom stereocenters. The molecule has 0 N–H and O–H groups in total. The second-order valence-corrected chi connectivity index (χ2v) is 5.64. The van der Waals surface area contributed by atoms with Gasteiger partial charge in [-0.25, -0.2) is 4.98 Å². The average Bonchev–Trinajstić information content (AvgIpc) is 3.01. The number of fused-ring (bicyclic) bond motifs is 3. The predicted octanol–water partition coefficient (Wildman–Crippen LogP) is -0.394. The molecule has 3 aromatic heterocycles. The van der Waals surface area contributed by atoms with Crippen LogP contribution >= 0.6 is 0 Å². The molecule has 1 fully saturated rings. The Balaban J connectivity index is 1.86. The molecule has 0 bridgehead atoms. The van der Waals surface area contributed by atoms with Crippen LogP contribution in [0.15, 0.2) is 23.1 Å². The smallest absolute Gasteiger partial charge is 0.297 e. The van der Waals surface area contributed by atoms with Gasteiger partial charge in [0.1, 0.15) is 12.4 Å². The molecule has 0 unspecified atom stereocenters. The lowest BCUT2D eigenvalue weighted by Gasteiger charge is -2.27. The van der Waals surface area contributed by atoms with Gasteiger partial charge >= 0.3 is 0 Å². The summed E-state index contributed by atoms with van der Waals surface area (Å²) in [6.45, 7) is 3.82. The van der Waals surface area contributed by atoms with Gasteiger partial charge < -0.3 is 9.64 Å². The van der Waals surface area contributed by atoms with Gasteiger partial charge in [0.05, 0.1) is 18.7 Å². The molecular formula is C15H16N6O3. The first-order valence-corrected chi connectivity index (χ1v) is 7.71. The number of aryl methyl sites for hydroxylation is 1. The van der Waals surface area contributed by atoms with Crippen LogP contribution in [0.25, 0.3) is 16.8 Å². The molecule has 9 nitrogen and oxygen atoms in total. The fourth-order valence-corrected chi connectivity index (χ4v) is 2.96. The lowest BCUT2D eigenvalue weighted by atomic mass is 10.3. The van der Waals surface area contributed by atoms with E-state index in [2.05, 4.69) is 15.2 Å². The number of carbonyl (C=O) groups is 1. The lowest BCUT2D eigenvalue weighted by molar-refractivity contribution is -0.135. The van der Waals surface area contributed by atoms with E-state index in [1.165, 1.54) is 4.57 Å². The Morgan fingerprint density at radius 1 is 1.25 bits per heavy atom. The van der Waals surface area contributed by atoms with E-state index in [-0.39, 0.29) is 23.7 Å². The number of ether oxygens (including phenoxy) is 1. The van der Waals surface area contributed by atoms with Crippen molar-refractivity contribution >= 4 is 22.7 Å². The van der Waals surface area contributed by atoms with Gasteiger partial charge in [0.15, 0.2) is 5.65 Å². The van der Waals surface area contributed by atoms with E-state index in [1.54, 1.807) is 34.6 Å². The van der Waals surface area contributed by atoms with Gasteiger partial charge in [0.2, 0.25) is 11.6 Å². The monoisotopic (exact) mass is 328 g/mol. The van der Waals surface area contributed by atoms with Crippen molar-refractivity contribution in [2.75, 3.05) is 26.3 Å². The minimum atomic E-state index is -0.349. The van der Waals surface area contributed by atoms with Crippen LogP contribution < -0.4 is 5.56 Å². The zero-order valence-corrected chi connectivity index (χ0v) is 13.2. The summed E-state index contributed by atoms with van der Waals surface area (Å²) in [5.41, 5.74) is 0.968. The topological polar surface area (TPSA) is 94.6 Å². The predicted molar refractivity (Wildman–Crippen MR) is 84.7 cm³/mol. The molecule has 0 aliphatic carbocycles. The highest BCUT2D eigenvalue weighted by molar-refractivity contribution is 5.80. The largest absolute Gasteiger partial charge is 0.378 e. The molecule has 4 heterocycles. The Kier molecular flexibility index (Phi) is 3.49. The van der Waals surface area contributed by atoms with Crippen molar-refractivity contribution in [1.82, 2.24) is 29.0 Å². The highest BCUT2D eigenvalue weighted by Crippen LogP contribution is 2.13. The molecule has 0 aromatic carbocycles. The standard InChI is InChI=1S/C15H16N6O3/c1-10-17-18-14-15(23)20(9-12(22)19-5-7-24-8-6-19)11-3-2-4-16-13(11)21(10)14/h2-4H,5-9H2,1H3. The summed E-state index contributed by atoms with van der Waals surface area (Å²) in [6, 6.07) is 3.51. The minimum Gasteiger partial charge on any atom is -0.378 e. The van der Waals surface area contributed by atoms with E-state index >= 15 is 0 Å². The number of morpholine rings is 1. The SMILES string of the molecule is Cc1nnc2c(=O)n(CC(=O)N3CCOCC3)c3cccnc3n12. The van der Waals surface area contributed by atoms with E-state index in [9.17, 15) is 9.59 Å². The van der Waals surface area contributed by atoms with Crippen molar-refractivity contribution < 1.29 is 9.53 Å². The fraction of sp³-hybridized carbons (Fsp3) is 0.400. The number of aromatic nitrogens is 5. The van der Waals surface area contributed by atoms with Gasteiger partial charge in [0, 0.05) is 19.3 Å². The summed E-state index contributed by atoms with van der Waals surface area (Å²) in [7, 11) is 0. The molecule has 0 radical (unpaired) electrons. The Morgan fingerprint density at radius 3 is 2.83 bits per heavy atom. The van der Waals surface area contributed by atoms with Gasteiger partial charge in [-0.05, 0) is 19.1 Å². The summed E-state index contributed by atoms with van der Waals surface area (Å²) >= 11 is 0. The summed E-state index contributed by atoms with van der Waals surface area (Å²) in [5.74, 6) is 0.462. The molecule has 24 heavy (non-hydrogen) atoms.